The van der Waals surface area contributed by atoms with Gasteiger partial charge in [0.25, 0.3) is 5.91 Å². The van der Waals surface area contributed by atoms with Crippen LogP contribution in [0.3, 0.4) is 0 Å². The second kappa shape index (κ2) is 7.03. The summed E-state index contributed by atoms with van der Waals surface area (Å²) in [6.07, 6.45) is 1.96. The van der Waals surface area contributed by atoms with Gasteiger partial charge in [0.05, 0.1) is 0 Å². The molecule has 0 spiro atoms. The molecule has 2 heterocycles. The molecular formula is C17H24FN3O4S. The van der Waals surface area contributed by atoms with Crippen LogP contribution in [0.5, 0.6) is 5.75 Å². The van der Waals surface area contributed by atoms with Crippen molar-refractivity contribution in [1.82, 2.24) is 9.62 Å². The summed E-state index contributed by atoms with van der Waals surface area (Å²) in [5.41, 5.74) is 0.161. The molecule has 0 bridgehead atoms. The second-order valence-electron chi connectivity index (χ2n) is 7.38. The summed E-state index contributed by atoms with van der Waals surface area (Å²) in [7, 11) is -4.16. The standard InChI is InChI=1S/C17H24FN3O4S/c1-11(2)3-5-20-6-4-12(9-20)13-7-14(18)17(15(22)8-13)21-10-16(23)19-26(21,24)25/h7-8,11-12,22H,3-6,9-10H2,1-2H3,(H,19,23). The fourth-order valence-corrected chi connectivity index (χ4v) is 4.65. The Labute approximate surface area is 153 Å². The summed E-state index contributed by atoms with van der Waals surface area (Å²) in [6.45, 7) is 6.49. The molecule has 2 aliphatic heterocycles. The Balaban J connectivity index is 1.79. The van der Waals surface area contributed by atoms with E-state index in [-0.39, 0.29) is 5.92 Å². The Kier molecular flexibility index (Phi) is 5.12. The van der Waals surface area contributed by atoms with Crippen molar-refractivity contribution in [2.75, 3.05) is 30.5 Å². The number of anilines is 1. The maximum absolute atomic E-state index is 14.6. The molecule has 7 nitrogen and oxygen atoms in total. The highest BCUT2D eigenvalue weighted by molar-refractivity contribution is 7.92. The van der Waals surface area contributed by atoms with Crippen molar-refractivity contribution in [2.45, 2.75) is 32.6 Å². The molecular weight excluding hydrogens is 361 g/mol. The van der Waals surface area contributed by atoms with Crippen LogP contribution in [-0.4, -0.2) is 50.5 Å². The lowest BCUT2D eigenvalue weighted by Gasteiger charge is -2.20. The number of benzene rings is 1. The van der Waals surface area contributed by atoms with Crippen LogP contribution < -0.4 is 9.03 Å². The number of nitrogens with zero attached hydrogens (tertiary/aromatic N) is 2. The molecule has 3 rings (SSSR count). The van der Waals surface area contributed by atoms with E-state index in [9.17, 15) is 22.7 Å². The summed E-state index contributed by atoms with van der Waals surface area (Å²) in [4.78, 5) is 13.7. The zero-order chi connectivity index (χ0) is 19.1. The Morgan fingerprint density at radius 3 is 2.69 bits per heavy atom. The quantitative estimate of drug-likeness (QED) is 0.803. The number of carbonyl (C=O) groups is 1. The first kappa shape index (κ1) is 18.9. The molecule has 2 saturated heterocycles. The largest absolute Gasteiger partial charge is 0.506 e. The molecule has 0 aromatic heterocycles. The fourth-order valence-electron chi connectivity index (χ4n) is 3.48. The van der Waals surface area contributed by atoms with E-state index in [1.807, 2.05) is 0 Å². The average Bonchev–Trinajstić information content (AvgIpc) is 3.09. The van der Waals surface area contributed by atoms with Crippen LogP contribution >= 0.6 is 0 Å². The number of hydrogen-bond acceptors (Lipinski definition) is 5. The molecule has 1 unspecified atom stereocenters. The monoisotopic (exact) mass is 385 g/mol. The van der Waals surface area contributed by atoms with Gasteiger partial charge in [-0.2, -0.15) is 8.42 Å². The highest BCUT2D eigenvalue weighted by Gasteiger charge is 2.38. The van der Waals surface area contributed by atoms with Crippen LogP contribution in [0.25, 0.3) is 0 Å². The van der Waals surface area contributed by atoms with Crippen molar-refractivity contribution in [3.05, 3.63) is 23.5 Å². The van der Waals surface area contributed by atoms with Crippen molar-refractivity contribution < 1.29 is 22.7 Å². The van der Waals surface area contributed by atoms with E-state index in [0.717, 1.165) is 32.5 Å². The molecule has 1 amide bonds. The fraction of sp³-hybridized carbons (Fsp3) is 0.588. The van der Waals surface area contributed by atoms with Crippen LogP contribution in [0.1, 0.15) is 38.2 Å². The van der Waals surface area contributed by atoms with Crippen molar-refractivity contribution in [3.8, 4) is 5.75 Å². The number of halogens is 1. The highest BCUT2D eigenvalue weighted by atomic mass is 32.2. The molecule has 1 aromatic carbocycles. The summed E-state index contributed by atoms with van der Waals surface area (Å²) < 4.78 is 40.7. The highest BCUT2D eigenvalue weighted by Crippen LogP contribution is 2.38. The van der Waals surface area contributed by atoms with Gasteiger partial charge in [0.1, 0.15) is 18.0 Å². The molecule has 1 atom stereocenters. The minimum Gasteiger partial charge on any atom is -0.506 e. The first-order chi connectivity index (χ1) is 12.2. The number of rotatable bonds is 5. The van der Waals surface area contributed by atoms with Crippen molar-refractivity contribution in [3.63, 3.8) is 0 Å². The number of carbonyl (C=O) groups excluding carboxylic acids is 1. The number of phenols is 1. The lowest BCUT2D eigenvalue weighted by molar-refractivity contribution is -0.117. The molecule has 9 heteroatoms. The maximum atomic E-state index is 14.6. The van der Waals surface area contributed by atoms with Crippen molar-refractivity contribution >= 4 is 21.8 Å². The minimum atomic E-state index is -4.16. The van der Waals surface area contributed by atoms with E-state index >= 15 is 0 Å². The molecule has 2 aliphatic rings. The van der Waals surface area contributed by atoms with E-state index in [0.29, 0.717) is 15.8 Å². The molecule has 26 heavy (non-hydrogen) atoms. The first-order valence-electron chi connectivity index (χ1n) is 8.75. The second-order valence-corrected chi connectivity index (χ2v) is 8.97. The normalized spacial score (nSPS) is 23.0. The summed E-state index contributed by atoms with van der Waals surface area (Å²) in [5.74, 6) is -1.37. The van der Waals surface area contributed by atoms with Crippen LogP contribution in [0.15, 0.2) is 12.1 Å². The van der Waals surface area contributed by atoms with E-state index in [1.54, 1.807) is 4.72 Å². The van der Waals surface area contributed by atoms with Gasteiger partial charge in [-0.15, -0.1) is 0 Å². The van der Waals surface area contributed by atoms with Gasteiger partial charge < -0.3 is 10.0 Å². The van der Waals surface area contributed by atoms with Crippen LogP contribution in [0.4, 0.5) is 10.1 Å². The minimum absolute atomic E-state index is 0.0894. The molecule has 2 fully saturated rings. The Hall–Kier alpha value is -1.87. The number of likely N-dealkylation sites (tertiary alicyclic amines) is 1. The van der Waals surface area contributed by atoms with Crippen LogP contribution in [0, 0.1) is 11.7 Å². The zero-order valence-corrected chi connectivity index (χ0v) is 15.7. The van der Waals surface area contributed by atoms with Gasteiger partial charge in [0.2, 0.25) is 0 Å². The lowest BCUT2D eigenvalue weighted by Crippen LogP contribution is -2.30. The molecule has 2 N–H and O–H groups in total. The third-order valence-electron chi connectivity index (χ3n) is 4.90. The van der Waals surface area contributed by atoms with Gasteiger partial charge in [-0.1, -0.05) is 13.8 Å². The van der Waals surface area contributed by atoms with E-state index in [2.05, 4.69) is 18.7 Å². The summed E-state index contributed by atoms with van der Waals surface area (Å²) in [5, 5.41) is 10.3. The number of nitrogens with one attached hydrogen (secondary N) is 1. The van der Waals surface area contributed by atoms with Gasteiger partial charge in [-0.3, -0.25) is 4.79 Å². The number of amides is 1. The average molecular weight is 385 g/mol. The summed E-state index contributed by atoms with van der Waals surface area (Å²) in [6, 6.07) is 2.68. The molecule has 0 aliphatic carbocycles. The third-order valence-corrected chi connectivity index (χ3v) is 6.28. The maximum Gasteiger partial charge on any atom is 0.326 e. The van der Waals surface area contributed by atoms with Gasteiger partial charge in [0.15, 0.2) is 5.82 Å². The third kappa shape index (κ3) is 3.78. The number of hydrogen-bond donors (Lipinski definition) is 2. The predicted molar refractivity (Wildman–Crippen MR) is 95.7 cm³/mol. The SMILES string of the molecule is CC(C)CCN1CCC(c2cc(O)c(N3CC(=O)NS3(=O)=O)c(F)c2)C1. The van der Waals surface area contributed by atoms with Crippen LogP contribution in [0.2, 0.25) is 0 Å². The van der Waals surface area contributed by atoms with Gasteiger partial charge in [0, 0.05) is 6.54 Å². The molecule has 0 radical (unpaired) electrons. The number of phenolic OH excluding ortho intramolecular Hbond substituents is 1. The summed E-state index contributed by atoms with van der Waals surface area (Å²) >= 11 is 0. The Morgan fingerprint density at radius 2 is 2.12 bits per heavy atom. The zero-order valence-electron chi connectivity index (χ0n) is 14.9. The van der Waals surface area contributed by atoms with E-state index in [1.165, 1.54) is 12.1 Å². The molecule has 144 valence electrons. The van der Waals surface area contributed by atoms with E-state index < -0.39 is 39.9 Å². The van der Waals surface area contributed by atoms with Gasteiger partial charge >= 0.3 is 10.2 Å². The Morgan fingerprint density at radius 1 is 1.38 bits per heavy atom. The van der Waals surface area contributed by atoms with Crippen molar-refractivity contribution in [2.24, 2.45) is 5.92 Å². The first-order valence-corrected chi connectivity index (χ1v) is 10.2. The van der Waals surface area contributed by atoms with E-state index in [4.69, 9.17) is 0 Å². The van der Waals surface area contributed by atoms with Gasteiger partial charge in [-0.25, -0.2) is 13.4 Å². The van der Waals surface area contributed by atoms with Crippen LogP contribution in [-0.2, 0) is 15.0 Å². The van der Waals surface area contributed by atoms with Crippen molar-refractivity contribution in [1.29, 1.82) is 0 Å². The Bertz CT molecular complexity index is 789. The smallest absolute Gasteiger partial charge is 0.326 e. The topological polar surface area (TPSA) is 89.9 Å². The number of aromatic hydroxyl groups is 1. The molecule has 0 saturated carbocycles. The predicted octanol–water partition coefficient (Wildman–Crippen LogP) is 1.55. The molecule has 1 aromatic rings. The lowest BCUT2D eigenvalue weighted by atomic mass is 9.97. The van der Waals surface area contributed by atoms with Gasteiger partial charge in [-0.05, 0) is 55.5 Å².